The lowest BCUT2D eigenvalue weighted by atomic mass is 10.0. The summed E-state index contributed by atoms with van der Waals surface area (Å²) in [4.78, 5) is 0. The summed E-state index contributed by atoms with van der Waals surface area (Å²) in [5.74, 6) is 0.844. The molecule has 0 aromatic heterocycles. The van der Waals surface area contributed by atoms with Crippen molar-refractivity contribution in [3.05, 3.63) is 30.3 Å². The molecule has 106 valence electrons. The summed E-state index contributed by atoms with van der Waals surface area (Å²) in [5.41, 5.74) is 0. The van der Waals surface area contributed by atoms with E-state index in [2.05, 4.69) is 29.6 Å². The normalized spacial score (nSPS) is 19.8. The Balaban J connectivity index is 1.95. The predicted molar refractivity (Wildman–Crippen MR) is 80.9 cm³/mol. The highest BCUT2D eigenvalue weighted by Crippen LogP contribution is 2.21. The lowest BCUT2D eigenvalue weighted by Gasteiger charge is -2.28. The third kappa shape index (κ3) is 3.66. The molecule has 1 aliphatic heterocycles. The molecular weight excluding hydrogens is 254 g/mol. The molecule has 0 radical (unpaired) electrons. The molecule has 0 amide bonds. The van der Waals surface area contributed by atoms with Gasteiger partial charge in [0.1, 0.15) is 0 Å². The molecule has 3 nitrogen and oxygen atoms in total. The van der Waals surface area contributed by atoms with Crippen molar-refractivity contribution in [2.45, 2.75) is 25.3 Å². The average Bonchev–Trinajstić information content (AvgIpc) is 2.98. The summed E-state index contributed by atoms with van der Waals surface area (Å²) in [6.45, 7) is 2.36. The monoisotopic (exact) mass is 279 g/mol. The van der Waals surface area contributed by atoms with Crippen LogP contribution < -0.4 is 10.5 Å². The van der Waals surface area contributed by atoms with E-state index < -0.39 is 8.56 Å². The highest BCUT2D eigenvalue weighted by Gasteiger charge is 2.37. The van der Waals surface area contributed by atoms with Gasteiger partial charge in [-0.15, -0.1) is 0 Å². The zero-order valence-electron chi connectivity index (χ0n) is 12.0. The minimum absolute atomic E-state index is 0.844. The molecule has 1 atom stereocenters. The average molecular weight is 279 g/mol. The Labute approximate surface area is 117 Å². The standard InChI is InChI=1S/C15H25NO2Si/c1-17-19(18-2,15-8-4-3-5-9-15)12-6-7-14-10-11-16-13-14/h3-5,8-9,14,16H,6-7,10-13H2,1-2H3. The van der Waals surface area contributed by atoms with Crippen molar-refractivity contribution in [3.63, 3.8) is 0 Å². The second-order valence-electron chi connectivity index (χ2n) is 5.28. The van der Waals surface area contributed by atoms with Crippen LogP contribution in [0.3, 0.4) is 0 Å². The predicted octanol–water partition coefficient (Wildman–Crippen LogP) is 2.02. The Morgan fingerprint density at radius 1 is 1.21 bits per heavy atom. The van der Waals surface area contributed by atoms with Crippen LogP contribution in [0.25, 0.3) is 0 Å². The van der Waals surface area contributed by atoms with Gasteiger partial charge >= 0.3 is 8.56 Å². The van der Waals surface area contributed by atoms with Crippen molar-refractivity contribution in [2.24, 2.45) is 5.92 Å². The van der Waals surface area contributed by atoms with Crippen LogP contribution in [0.2, 0.25) is 6.04 Å². The zero-order valence-corrected chi connectivity index (χ0v) is 13.0. The van der Waals surface area contributed by atoms with Gasteiger partial charge in [-0.1, -0.05) is 36.8 Å². The summed E-state index contributed by atoms with van der Waals surface area (Å²) in [6.07, 6.45) is 3.79. The highest BCUT2D eigenvalue weighted by atomic mass is 28.4. The molecule has 0 bridgehead atoms. The second kappa shape index (κ2) is 7.19. The van der Waals surface area contributed by atoms with Crippen LogP contribution in [-0.2, 0) is 8.85 Å². The third-order valence-corrected chi connectivity index (χ3v) is 7.70. The molecule has 1 saturated heterocycles. The lowest BCUT2D eigenvalue weighted by molar-refractivity contribution is 0.255. The molecule has 0 saturated carbocycles. The third-order valence-electron chi connectivity index (χ3n) is 4.15. The van der Waals surface area contributed by atoms with E-state index in [4.69, 9.17) is 8.85 Å². The molecule has 1 heterocycles. The van der Waals surface area contributed by atoms with Crippen LogP contribution in [-0.4, -0.2) is 35.9 Å². The zero-order chi connectivity index (χ0) is 13.6. The number of nitrogens with one attached hydrogen (secondary N) is 1. The van der Waals surface area contributed by atoms with Crippen molar-refractivity contribution in [2.75, 3.05) is 27.3 Å². The summed E-state index contributed by atoms with van der Waals surface area (Å²) in [5, 5.41) is 4.67. The molecule has 19 heavy (non-hydrogen) atoms. The van der Waals surface area contributed by atoms with Crippen molar-refractivity contribution < 1.29 is 8.85 Å². The van der Waals surface area contributed by atoms with Crippen LogP contribution in [0.15, 0.2) is 30.3 Å². The summed E-state index contributed by atoms with van der Waals surface area (Å²) in [7, 11) is 1.37. The maximum Gasteiger partial charge on any atom is 0.371 e. The van der Waals surface area contributed by atoms with Crippen molar-refractivity contribution in [1.29, 1.82) is 0 Å². The summed E-state index contributed by atoms with van der Waals surface area (Å²) < 4.78 is 11.7. The molecule has 1 aromatic rings. The minimum atomic E-state index is -2.21. The van der Waals surface area contributed by atoms with Gasteiger partial charge in [0.05, 0.1) is 0 Å². The van der Waals surface area contributed by atoms with E-state index in [1.54, 1.807) is 14.2 Å². The maximum atomic E-state index is 5.84. The Bertz CT molecular complexity index is 362. The fraction of sp³-hybridized carbons (Fsp3) is 0.600. The van der Waals surface area contributed by atoms with E-state index in [-0.39, 0.29) is 0 Å². The van der Waals surface area contributed by atoms with Gasteiger partial charge in [0.25, 0.3) is 0 Å². The molecule has 1 aliphatic rings. The van der Waals surface area contributed by atoms with E-state index in [1.165, 1.54) is 37.5 Å². The second-order valence-corrected chi connectivity index (χ2v) is 8.68. The Morgan fingerprint density at radius 2 is 1.95 bits per heavy atom. The number of rotatable bonds is 7. The van der Waals surface area contributed by atoms with Gasteiger partial charge in [0.2, 0.25) is 0 Å². The van der Waals surface area contributed by atoms with Crippen molar-refractivity contribution >= 4 is 13.7 Å². The molecule has 4 heteroatoms. The molecule has 0 spiro atoms. The summed E-state index contributed by atoms with van der Waals surface area (Å²) >= 11 is 0. The molecule has 1 N–H and O–H groups in total. The molecule has 2 rings (SSSR count). The van der Waals surface area contributed by atoms with Crippen molar-refractivity contribution in [1.82, 2.24) is 5.32 Å². The van der Waals surface area contributed by atoms with Gasteiger partial charge in [-0.3, -0.25) is 0 Å². The largest absolute Gasteiger partial charge is 0.394 e. The molecule has 1 aromatic carbocycles. The topological polar surface area (TPSA) is 30.5 Å². The van der Waals surface area contributed by atoms with Crippen LogP contribution in [0.5, 0.6) is 0 Å². The van der Waals surface area contributed by atoms with E-state index in [0.717, 1.165) is 12.0 Å². The highest BCUT2D eigenvalue weighted by molar-refractivity contribution is 6.81. The van der Waals surface area contributed by atoms with Crippen molar-refractivity contribution in [3.8, 4) is 0 Å². The number of hydrogen-bond donors (Lipinski definition) is 1. The first-order valence-corrected chi connectivity index (χ1v) is 9.19. The number of benzene rings is 1. The Morgan fingerprint density at radius 3 is 2.53 bits per heavy atom. The van der Waals surface area contributed by atoms with Gasteiger partial charge in [0.15, 0.2) is 0 Å². The molecule has 1 unspecified atom stereocenters. The van der Waals surface area contributed by atoms with Gasteiger partial charge in [-0.05, 0) is 43.1 Å². The fourth-order valence-corrected chi connectivity index (χ4v) is 5.65. The molecule has 0 aliphatic carbocycles. The smallest absolute Gasteiger partial charge is 0.371 e. The van der Waals surface area contributed by atoms with E-state index in [0.29, 0.717) is 0 Å². The minimum Gasteiger partial charge on any atom is -0.394 e. The van der Waals surface area contributed by atoms with Gasteiger partial charge in [-0.2, -0.15) is 0 Å². The number of hydrogen-bond acceptors (Lipinski definition) is 3. The SMILES string of the molecule is CO[Si](CCCC1CCNC1)(OC)c1ccccc1. The maximum absolute atomic E-state index is 5.84. The van der Waals surface area contributed by atoms with E-state index in [1.807, 2.05) is 6.07 Å². The first-order valence-electron chi connectivity index (χ1n) is 7.17. The van der Waals surface area contributed by atoms with Gasteiger partial charge in [0, 0.05) is 14.2 Å². The van der Waals surface area contributed by atoms with Crippen LogP contribution >= 0.6 is 0 Å². The Hall–Kier alpha value is -0.683. The van der Waals surface area contributed by atoms with Crippen LogP contribution in [0, 0.1) is 5.92 Å². The summed E-state index contributed by atoms with van der Waals surface area (Å²) in [6, 6.07) is 11.5. The van der Waals surface area contributed by atoms with E-state index in [9.17, 15) is 0 Å². The first kappa shape index (κ1) is 14.7. The first-order chi connectivity index (χ1) is 9.30. The molecular formula is C15H25NO2Si. The van der Waals surface area contributed by atoms with Crippen LogP contribution in [0.1, 0.15) is 19.3 Å². The van der Waals surface area contributed by atoms with Gasteiger partial charge in [-0.25, -0.2) is 0 Å². The quantitative estimate of drug-likeness (QED) is 0.775. The molecule has 1 fully saturated rings. The Kier molecular flexibility index (Phi) is 5.57. The van der Waals surface area contributed by atoms with Crippen LogP contribution in [0.4, 0.5) is 0 Å². The fourth-order valence-electron chi connectivity index (χ4n) is 2.94. The van der Waals surface area contributed by atoms with Gasteiger partial charge < -0.3 is 14.2 Å². The van der Waals surface area contributed by atoms with E-state index >= 15 is 0 Å². The lowest BCUT2D eigenvalue weighted by Crippen LogP contribution is -2.52.